The normalized spacial score (nSPS) is 15.4. The zero-order valence-electron chi connectivity index (χ0n) is 13.8. The van der Waals surface area contributed by atoms with Crippen molar-refractivity contribution in [1.82, 2.24) is 4.31 Å². The van der Waals surface area contributed by atoms with Crippen molar-refractivity contribution in [3.8, 4) is 0 Å². The minimum absolute atomic E-state index is 0.218. The number of sulfonamides is 1. The molecule has 2 aromatic carbocycles. The molecule has 1 aliphatic heterocycles. The summed E-state index contributed by atoms with van der Waals surface area (Å²) < 4.78 is 32.1. The summed E-state index contributed by atoms with van der Waals surface area (Å²) in [6.45, 7) is 1.53. The van der Waals surface area contributed by atoms with Crippen LogP contribution in [0, 0.1) is 0 Å². The highest BCUT2D eigenvalue weighted by Gasteiger charge is 2.26. The predicted molar refractivity (Wildman–Crippen MR) is 107 cm³/mol. The molecule has 0 atom stereocenters. The summed E-state index contributed by atoms with van der Waals surface area (Å²) in [5, 5.41) is 6.94. The van der Waals surface area contributed by atoms with Gasteiger partial charge in [0.25, 0.3) is 0 Å². The van der Waals surface area contributed by atoms with Gasteiger partial charge in [0.05, 0.1) is 18.1 Å². The molecule has 0 aromatic heterocycles. The van der Waals surface area contributed by atoms with E-state index in [4.69, 9.17) is 28.6 Å². The summed E-state index contributed by atoms with van der Waals surface area (Å²) in [6, 6.07) is 13.7. The van der Waals surface area contributed by atoms with Crippen LogP contribution in [0.4, 0.5) is 11.4 Å². The minimum Gasteiger partial charge on any atom is -0.379 e. The Labute approximate surface area is 163 Å². The third-order valence-electron chi connectivity index (χ3n) is 3.78. The highest BCUT2D eigenvalue weighted by molar-refractivity contribution is 7.89. The molecule has 1 saturated heterocycles. The number of benzene rings is 2. The van der Waals surface area contributed by atoms with Gasteiger partial charge < -0.3 is 15.4 Å². The van der Waals surface area contributed by atoms with Crippen LogP contribution >= 0.6 is 23.8 Å². The van der Waals surface area contributed by atoms with E-state index in [0.717, 1.165) is 5.69 Å². The Bertz CT molecular complexity index is 900. The zero-order valence-corrected chi connectivity index (χ0v) is 16.2. The van der Waals surface area contributed by atoms with E-state index in [0.29, 0.717) is 42.1 Å². The smallest absolute Gasteiger partial charge is 0.243 e. The maximum Gasteiger partial charge on any atom is 0.243 e. The molecule has 0 bridgehead atoms. The molecular formula is C17H18ClN3O3S2. The highest BCUT2D eigenvalue weighted by Crippen LogP contribution is 2.21. The van der Waals surface area contributed by atoms with E-state index >= 15 is 0 Å². The molecule has 6 nitrogen and oxygen atoms in total. The third-order valence-corrected chi connectivity index (χ3v) is 6.12. The number of nitrogens with one attached hydrogen (secondary N) is 2. The molecule has 9 heteroatoms. The number of hydrogen-bond donors (Lipinski definition) is 2. The summed E-state index contributed by atoms with van der Waals surface area (Å²) in [7, 11) is -3.55. The van der Waals surface area contributed by atoms with Crippen molar-refractivity contribution in [2.75, 3.05) is 36.9 Å². The van der Waals surface area contributed by atoms with Crippen LogP contribution in [0.3, 0.4) is 0 Å². The number of morpholine rings is 1. The van der Waals surface area contributed by atoms with E-state index in [1.54, 1.807) is 36.4 Å². The maximum atomic E-state index is 12.7. The standard InChI is InChI=1S/C17H18ClN3O3S2/c18-13-3-1-4-14(11-13)19-17(25)20-15-5-2-6-16(12-15)26(22,23)21-7-9-24-10-8-21/h1-6,11-12H,7-10H2,(H2,19,20,25). The van der Waals surface area contributed by atoms with Gasteiger partial charge in [-0.15, -0.1) is 0 Å². The van der Waals surface area contributed by atoms with Gasteiger partial charge in [-0.1, -0.05) is 23.7 Å². The topological polar surface area (TPSA) is 70.7 Å². The first-order valence-corrected chi connectivity index (χ1v) is 10.2. The van der Waals surface area contributed by atoms with Gasteiger partial charge >= 0.3 is 0 Å². The first kappa shape index (κ1) is 19.1. The number of rotatable bonds is 4. The van der Waals surface area contributed by atoms with Crippen molar-refractivity contribution in [1.29, 1.82) is 0 Å². The largest absolute Gasteiger partial charge is 0.379 e. The molecule has 1 fully saturated rings. The van der Waals surface area contributed by atoms with Crippen LogP contribution in [0.15, 0.2) is 53.4 Å². The average molecular weight is 412 g/mol. The molecule has 0 radical (unpaired) electrons. The Morgan fingerprint density at radius 1 is 1.04 bits per heavy atom. The second-order valence-corrected chi connectivity index (χ2v) is 8.42. The van der Waals surface area contributed by atoms with Crippen molar-refractivity contribution in [2.45, 2.75) is 4.90 Å². The van der Waals surface area contributed by atoms with Gasteiger partial charge in [0, 0.05) is 29.5 Å². The van der Waals surface area contributed by atoms with E-state index in [2.05, 4.69) is 10.6 Å². The summed E-state index contributed by atoms with van der Waals surface area (Å²) >= 11 is 11.2. The molecule has 0 unspecified atom stereocenters. The zero-order chi connectivity index (χ0) is 18.6. The van der Waals surface area contributed by atoms with E-state index in [1.807, 2.05) is 12.1 Å². The Hall–Kier alpha value is -1.71. The molecule has 0 amide bonds. The SMILES string of the molecule is O=S(=O)(c1cccc(NC(=S)Nc2cccc(Cl)c2)c1)N1CCOCC1. The van der Waals surface area contributed by atoms with E-state index in [1.165, 1.54) is 4.31 Å². The highest BCUT2D eigenvalue weighted by atomic mass is 35.5. The van der Waals surface area contributed by atoms with Gasteiger partial charge in [0.1, 0.15) is 0 Å². The van der Waals surface area contributed by atoms with E-state index in [-0.39, 0.29) is 4.90 Å². The van der Waals surface area contributed by atoms with Gasteiger partial charge in [0.2, 0.25) is 10.0 Å². The summed E-state index contributed by atoms with van der Waals surface area (Å²) in [6.07, 6.45) is 0. The van der Waals surface area contributed by atoms with Gasteiger partial charge in [-0.05, 0) is 48.6 Å². The predicted octanol–water partition coefficient (Wildman–Crippen LogP) is 3.17. The van der Waals surface area contributed by atoms with Crippen molar-refractivity contribution >= 4 is 50.3 Å². The summed E-state index contributed by atoms with van der Waals surface area (Å²) in [5.41, 5.74) is 1.32. The quantitative estimate of drug-likeness (QED) is 0.753. The molecule has 3 rings (SSSR count). The molecule has 0 saturated carbocycles. The van der Waals surface area contributed by atoms with Gasteiger partial charge in [-0.25, -0.2) is 8.42 Å². The fraction of sp³-hybridized carbons (Fsp3) is 0.235. The lowest BCUT2D eigenvalue weighted by Crippen LogP contribution is -2.40. The molecule has 138 valence electrons. The third kappa shape index (κ3) is 4.72. The lowest BCUT2D eigenvalue weighted by Gasteiger charge is -2.26. The Morgan fingerprint density at radius 3 is 2.31 bits per heavy atom. The van der Waals surface area contributed by atoms with Crippen molar-refractivity contribution < 1.29 is 13.2 Å². The molecular weight excluding hydrogens is 394 g/mol. The number of ether oxygens (including phenoxy) is 1. The minimum atomic E-state index is -3.55. The molecule has 1 aliphatic rings. The van der Waals surface area contributed by atoms with E-state index in [9.17, 15) is 8.42 Å². The Balaban J connectivity index is 1.71. The van der Waals surface area contributed by atoms with Gasteiger partial charge in [-0.2, -0.15) is 4.31 Å². The second kappa shape index (κ2) is 8.32. The molecule has 0 spiro atoms. The van der Waals surface area contributed by atoms with Crippen LogP contribution in [0.2, 0.25) is 5.02 Å². The van der Waals surface area contributed by atoms with Crippen LogP contribution in [-0.2, 0) is 14.8 Å². The molecule has 2 aromatic rings. The Kier molecular flexibility index (Phi) is 6.10. The Morgan fingerprint density at radius 2 is 1.65 bits per heavy atom. The number of thiocarbonyl (C=S) groups is 1. The monoisotopic (exact) mass is 411 g/mol. The van der Waals surface area contributed by atoms with Gasteiger partial charge in [0.15, 0.2) is 5.11 Å². The maximum absolute atomic E-state index is 12.7. The first-order valence-electron chi connectivity index (χ1n) is 7.97. The van der Waals surface area contributed by atoms with Crippen LogP contribution in [0.1, 0.15) is 0 Å². The molecule has 2 N–H and O–H groups in total. The fourth-order valence-electron chi connectivity index (χ4n) is 2.53. The van der Waals surface area contributed by atoms with E-state index < -0.39 is 10.0 Å². The number of nitrogens with zero attached hydrogens (tertiary/aromatic N) is 1. The lowest BCUT2D eigenvalue weighted by atomic mass is 10.3. The van der Waals surface area contributed by atoms with Crippen molar-refractivity contribution in [2.24, 2.45) is 0 Å². The molecule has 1 heterocycles. The van der Waals surface area contributed by atoms with Crippen LogP contribution < -0.4 is 10.6 Å². The average Bonchev–Trinajstić information content (AvgIpc) is 2.62. The molecule has 0 aliphatic carbocycles. The van der Waals surface area contributed by atoms with Crippen molar-refractivity contribution in [3.63, 3.8) is 0 Å². The van der Waals surface area contributed by atoms with Crippen LogP contribution in [-0.4, -0.2) is 44.1 Å². The summed E-state index contributed by atoms with van der Waals surface area (Å²) in [5.74, 6) is 0. The fourth-order valence-corrected chi connectivity index (χ4v) is 4.41. The lowest BCUT2D eigenvalue weighted by molar-refractivity contribution is 0.0730. The number of anilines is 2. The first-order chi connectivity index (χ1) is 12.4. The van der Waals surface area contributed by atoms with Crippen LogP contribution in [0.5, 0.6) is 0 Å². The second-order valence-electron chi connectivity index (χ2n) is 5.63. The van der Waals surface area contributed by atoms with Crippen LogP contribution in [0.25, 0.3) is 0 Å². The van der Waals surface area contributed by atoms with Gasteiger partial charge in [-0.3, -0.25) is 0 Å². The number of halogens is 1. The van der Waals surface area contributed by atoms with Crippen molar-refractivity contribution in [3.05, 3.63) is 53.6 Å². The number of hydrogen-bond acceptors (Lipinski definition) is 4. The summed E-state index contributed by atoms with van der Waals surface area (Å²) in [4.78, 5) is 0.218. The molecule has 26 heavy (non-hydrogen) atoms.